The topological polar surface area (TPSA) is 83.6 Å². The summed E-state index contributed by atoms with van der Waals surface area (Å²) >= 11 is 1.58. The molecule has 2 rings (SSSR count). The van der Waals surface area contributed by atoms with Gasteiger partial charge < -0.3 is 15.7 Å². The Morgan fingerprint density at radius 3 is 2.83 bits per heavy atom. The highest BCUT2D eigenvalue weighted by atomic mass is 32.2. The van der Waals surface area contributed by atoms with Crippen LogP contribution in [0.15, 0.2) is 0 Å². The van der Waals surface area contributed by atoms with E-state index in [-0.39, 0.29) is 23.1 Å². The van der Waals surface area contributed by atoms with Crippen LogP contribution in [0.1, 0.15) is 26.7 Å². The first-order valence-electron chi connectivity index (χ1n) is 6.36. The molecule has 0 radical (unpaired) electrons. The van der Waals surface area contributed by atoms with E-state index < -0.39 is 11.5 Å². The Bertz CT molecular complexity index is 376. The molecule has 3 N–H and O–H groups in total. The van der Waals surface area contributed by atoms with Crippen LogP contribution in [0.5, 0.6) is 0 Å². The quantitative estimate of drug-likeness (QED) is 0.713. The van der Waals surface area contributed by atoms with Crippen LogP contribution in [-0.4, -0.2) is 51.0 Å². The third-order valence-electron chi connectivity index (χ3n) is 4.24. The first-order valence-corrected chi connectivity index (χ1v) is 7.41. The van der Waals surface area contributed by atoms with Gasteiger partial charge in [-0.15, -0.1) is 0 Å². The molecule has 2 aliphatic rings. The van der Waals surface area contributed by atoms with Crippen molar-refractivity contribution >= 4 is 23.6 Å². The SMILES string of the molecule is CCC1C(=O)N2C1CC(SCCN)C2(C)C(=O)O. The largest absolute Gasteiger partial charge is 0.479 e. The van der Waals surface area contributed by atoms with E-state index >= 15 is 0 Å². The standard InChI is InChI=1S/C12H20N2O3S/c1-3-7-8-6-9(18-5-4-13)12(2,11(16)17)14(8)10(7)15/h7-9H,3-6,13H2,1-2H3,(H,16,17). The van der Waals surface area contributed by atoms with E-state index in [1.165, 1.54) is 0 Å². The van der Waals surface area contributed by atoms with Crippen molar-refractivity contribution in [1.82, 2.24) is 4.90 Å². The predicted molar refractivity (Wildman–Crippen MR) is 70.4 cm³/mol. The number of thioether (sulfide) groups is 1. The zero-order chi connectivity index (χ0) is 13.5. The molecule has 0 aromatic rings. The van der Waals surface area contributed by atoms with Crippen LogP contribution in [0.2, 0.25) is 0 Å². The molecule has 4 atom stereocenters. The molecule has 2 aliphatic heterocycles. The lowest BCUT2D eigenvalue weighted by Gasteiger charge is -2.48. The summed E-state index contributed by atoms with van der Waals surface area (Å²) in [5, 5.41) is 9.45. The number of carboxylic acid groups (broad SMARTS) is 1. The zero-order valence-electron chi connectivity index (χ0n) is 10.8. The van der Waals surface area contributed by atoms with Crippen molar-refractivity contribution in [3.63, 3.8) is 0 Å². The normalized spacial score (nSPS) is 38.5. The number of hydrogen-bond acceptors (Lipinski definition) is 4. The Kier molecular flexibility index (Phi) is 3.60. The number of carbonyl (C=O) groups excluding carboxylic acids is 1. The number of carbonyl (C=O) groups is 2. The van der Waals surface area contributed by atoms with Crippen LogP contribution in [0.4, 0.5) is 0 Å². The summed E-state index contributed by atoms with van der Waals surface area (Å²) in [6.07, 6.45) is 1.57. The van der Waals surface area contributed by atoms with Crippen LogP contribution in [-0.2, 0) is 9.59 Å². The second-order valence-electron chi connectivity index (χ2n) is 5.13. The van der Waals surface area contributed by atoms with E-state index in [1.807, 2.05) is 6.92 Å². The maximum Gasteiger partial charge on any atom is 0.330 e. The summed E-state index contributed by atoms with van der Waals surface area (Å²) < 4.78 is 0. The number of nitrogens with two attached hydrogens (primary N) is 1. The number of fused-ring (bicyclic) bond motifs is 1. The molecular formula is C12H20N2O3S. The summed E-state index contributed by atoms with van der Waals surface area (Å²) in [5.41, 5.74) is 4.43. The Hall–Kier alpha value is -0.750. The van der Waals surface area contributed by atoms with Crippen LogP contribution >= 0.6 is 11.8 Å². The number of amides is 1. The minimum absolute atomic E-state index is 0.00301. The molecule has 2 fully saturated rings. The van der Waals surface area contributed by atoms with E-state index in [4.69, 9.17) is 5.73 Å². The molecule has 0 saturated carbocycles. The van der Waals surface area contributed by atoms with Crippen molar-refractivity contribution in [3.8, 4) is 0 Å². The average molecular weight is 272 g/mol. The molecule has 4 unspecified atom stereocenters. The number of hydrogen-bond donors (Lipinski definition) is 2. The van der Waals surface area contributed by atoms with Crippen molar-refractivity contribution in [2.24, 2.45) is 11.7 Å². The van der Waals surface area contributed by atoms with Crippen molar-refractivity contribution in [2.75, 3.05) is 12.3 Å². The van der Waals surface area contributed by atoms with Crippen LogP contribution < -0.4 is 5.73 Å². The van der Waals surface area contributed by atoms with Crippen LogP contribution in [0.25, 0.3) is 0 Å². The van der Waals surface area contributed by atoms with Crippen molar-refractivity contribution in [2.45, 2.75) is 43.5 Å². The van der Waals surface area contributed by atoms with Gasteiger partial charge >= 0.3 is 5.97 Å². The highest BCUT2D eigenvalue weighted by Crippen LogP contribution is 2.50. The molecule has 5 nitrogen and oxygen atoms in total. The van der Waals surface area contributed by atoms with Crippen molar-refractivity contribution < 1.29 is 14.7 Å². The van der Waals surface area contributed by atoms with Crippen LogP contribution in [0.3, 0.4) is 0 Å². The highest BCUT2D eigenvalue weighted by molar-refractivity contribution is 8.00. The summed E-state index contributed by atoms with van der Waals surface area (Å²) in [6, 6.07) is 0.110. The third kappa shape index (κ3) is 1.66. The Morgan fingerprint density at radius 1 is 1.67 bits per heavy atom. The minimum Gasteiger partial charge on any atom is -0.479 e. The van der Waals surface area contributed by atoms with E-state index in [0.29, 0.717) is 6.54 Å². The Balaban J connectivity index is 2.23. The van der Waals surface area contributed by atoms with E-state index in [9.17, 15) is 14.7 Å². The number of nitrogens with zero attached hydrogens (tertiary/aromatic N) is 1. The number of β-lactam (4-membered cyclic amide) rings is 1. The zero-order valence-corrected chi connectivity index (χ0v) is 11.6. The molecule has 102 valence electrons. The Morgan fingerprint density at radius 2 is 2.33 bits per heavy atom. The molecule has 2 saturated heterocycles. The molecule has 0 spiro atoms. The van der Waals surface area contributed by atoms with Gasteiger partial charge in [0, 0.05) is 23.6 Å². The third-order valence-corrected chi connectivity index (χ3v) is 5.77. The van der Waals surface area contributed by atoms with Gasteiger partial charge in [-0.2, -0.15) is 11.8 Å². The smallest absolute Gasteiger partial charge is 0.330 e. The molecule has 6 heteroatoms. The lowest BCUT2D eigenvalue weighted by molar-refractivity contribution is -0.171. The summed E-state index contributed by atoms with van der Waals surface area (Å²) in [5.74, 6) is -0.142. The van der Waals surface area contributed by atoms with E-state index in [0.717, 1.165) is 18.6 Å². The van der Waals surface area contributed by atoms with E-state index in [2.05, 4.69) is 0 Å². The second kappa shape index (κ2) is 4.74. The van der Waals surface area contributed by atoms with Gasteiger partial charge in [0.05, 0.1) is 5.92 Å². The number of rotatable bonds is 5. The molecule has 0 aromatic carbocycles. The van der Waals surface area contributed by atoms with Gasteiger partial charge in [0.2, 0.25) is 5.91 Å². The molecule has 18 heavy (non-hydrogen) atoms. The molecule has 2 heterocycles. The number of carboxylic acids is 1. The van der Waals surface area contributed by atoms with Gasteiger partial charge in [0.1, 0.15) is 5.54 Å². The van der Waals surface area contributed by atoms with Gasteiger partial charge in [-0.25, -0.2) is 4.79 Å². The fourth-order valence-corrected chi connectivity index (χ4v) is 4.47. The van der Waals surface area contributed by atoms with E-state index in [1.54, 1.807) is 23.6 Å². The molecule has 0 bridgehead atoms. The molecule has 1 amide bonds. The predicted octanol–water partition coefficient (Wildman–Crippen LogP) is 0.531. The first-order chi connectivity index (χ1) is 8.48. The Labute approximate surface area is 111 Å². The fraction of sp³-hybridized carbons (Fsp3) is 0.833. The summed E-state index contributed by atoms with van der Waals surface area (Å²) in [7, 11) is 0. The lowest BCUT2D eigenvalue weighted by Crippen LogP contribution is -2.67. The van der Waals surface area contributed by atoms with Gasteiger partial charge in [0.25, 0.3) is 0 Å². The highest BCUT2D eigenvalue weighted by Gasteiger charge is 2.65. The minimum atomic E-state index is -1.06. The maximum absolute atomic E-state index is 12.0. The van der Waals surface area contributed by atoms with Gasteiger partial charge in [-0.05, 0) is 19.8 Å². The van der Waals surface area contributed by atoms with Crippen molar-refractivity contribution in [1.29, 1.82) is 0 Å². The van der Waals surface area contributed by atoms with Crippen LogP contribution in [0, 0.1) is 5.92 Å². The van der Waals surface area contributed by atoms with Gasteiger partial charge in [-0.1, -0.05) is 6.92 Å². The summed E-state index contributed by atoms with van der Waals surface area (Å²) in [6.45, 7) is 4.19. The number of aliphatic carboxylic acids is 1. The van der Waals surface area contributed by atoms with Gasteiger partial charge in [-0.3, -0.25) is 4.79 Å². The monoisotopic (exact) mass is 272 g/mol. The molecular weight excluding hydrogens is 252 g/mol. The first kappa shape index (κ1) is 13.7. The molecule has 0 aromatic heterocycles. The molecule has 0 aliphatic carbocycles. The second-order valence-corrected chi connectivity index (χ2v) is 6.44. The maximum atomic E-state index is 12.0. The summed E-state index contributed by atoms with van der Waals surface area (Å²) in [4.78, 5) is 25.2. The lowest BCUT2D eigenvalue weighted by atomic mass is 9.85. The average Bonchev–Trinajstić information content (AvgIpc) is 2.58. The van der Waals surface area contributed by atoms with Gasteiger partial charge in [0.15, 0.2) is 0 Å². The fourth-order valence-electron chi connectivity index (χ4n) is 3.18. The van der Waals surface area contributed by atoms with Crippen molar-refractivity contribution in [3.05, 3.63) is 0 Å².